The van der Waals surface area contributed by atoms with E-state index < -0.39 is 6.61 Å². The summed E-state index contributed by atoms with van der Waals surface area (Å²) in [6.45, 7) is -2.82. The smallest absolute Gasteiger partial charge is 0.387 e. The van der Waals surface area contributed by atoms with Gasteiger partial charge in [-0.25, -0.2) is 5.43 Å². The van der Waals surface area contributed by atoms with Crippen molar-refractivity contribution in [2.24, 2.45) is 5.10 Å². The first-order valence-electron chi connectivity index (χ1n) is 7.31. The lowest BCUT2D eigenvalue weighted by Gasteiger charge is -2.06. The fourth-order valence-electron chi connectivity index (χ4n) is 1.84. The molecule has 25 heavy (non-hydrogen) atoms. The molecule has 0 heterocycles. The number of amides is 1. The molecule has 0 radical (unpaired) electrons. The monoisotopic (exact) mass is 349 g/mol. The van der Waals surface area contributed by atoms with Gasteiger partial charge in [0.1, 0.15) is 11.5 Å². The largest absolute Gasteiger partial charge is 0.497 e. The summed E-state index contributed by atoms with van der Waals surface area (Å²) in [6, 6.07) is 13.0. The van der Waals surface area contributed by atoms with Crippen molar-refractivity contribution >= 4 is 17.8 Å². The summed E-state index contributed by atoms with van der Waals surface area (Å²) >= 11 is 0. The van der Waals surface area contributed by atoms with E-state index >= 15 is 0 Å². The van der Waals surface area contributed by atoms with Crippen LogP contribution in [0.1, 0.15) is 5.56 Å². The molecule has 0 atom stereocenters. The van der Waals surface area contributed by atoms with Gasteiger partial charge in [-0.3, -0.25) is 4.79 Å². The number of halogens is 2. The molecule has 0 fully saturated rings. The van der Waals surface area contributed by atoms with E-state index in [2.05, 4.69) is 20.6 Å². The average Bonchev–Trinajstić information content (AvgIpc) is 2.61. The van der Waals surface area contributed by atoms with E-state index in [0.717, 1.165) is 11.4 Å². The molecule has 2 aromatic carbocycles. The Hall–Kier alpha value is -3.16. The topological polar surface area (TPSA) is 72.0 Å². The standard InChI is InChI=1S/C17H17F2N3O3/c1-24-14-8-4-13(5-9-14)20-11-16(23)22-21-10-12-2-6-15(7-3-12)25-17(18)19/h2-10,17,20H,11H2,1H3,(H,22,23)/b21-10+. The van der Waals surface area contributed by atoms with Crippen LogP contribution in [-0.2, 0) is 4.79 Å². The van der Waals surface area contributed by atoms with Crippen LogP contribution in [0.3, 0.4) is 0 Å². The summed E-state index contributed by atoms with van der Waals surface area (Å²) in [6.07, 6.45) is 1.40. The van der Waals surface area contributed by atoms with Crippen molar-refractivity contribution in [1.82, 2.24) is 5.43 Å². The van der Waals surface area contributed by atoms with Crippen molar-refractivity contribution in [1.29, 1.82) is 0 Å². The number of benzene rings is 2. The van der Waals surface area contributed by atoms with Crippen LogP contribution >= 0.6 is 0 Å². The maximum absolute atomic E-state index is 12.0. The highest BCUT2D eigenvalue weighted by Gasteiger charge is 2.03. The summed E-state index contributed by atoms with van der Waals surface area (Å²) in [5, 5.41) is 6.74. The Kier molecular flexibility index (Phi) is 6.70. The highest BCUT2D eigenvalue weighted by molar-refractivity contribution is 5.84. The highest BCUT2D eigenvalue weighted by atomic mass is 19.3. The zero-order chi connectivity index (χ0) is 18.1. The van der Waals surface area contributed by atoms with Crippen LogP contribution in [0.15, 0.2) is 53.6 Å². The minimum atomic E-state index is -2.86. The van der Waals surface area contributed by atoms with Gasteiger partial charge in [0.2, 0.25) is 0 Å². The second-order valence-corrected chi connectivity index (χ2v) is 4.82. The second-order valence-electron chi connectivity index (χ2n) is 4.82. The van der Waals surface area contributed by atoms with Crippen molar-refractivity contribution in [3.8, 4) is 11.5 Å². The highest BCUT2D eigenvalue weighted by Crippen LogP contribution is 2.15. The van der Waals surface area contributed by atoms with Gasteiger partial charge in [0.25, 0.3) is 5.91 Å². The number of nitrogens with zero attached hydrogens (tertiary/aromatic N) is 1. The van der Waals surface area contributed by atoms with Gasteiger partial charge in [-0.2, -0.15) is 13.9 Å². The first-order chi connectivity index (χ1) is 12.1. The van der Waals surface area contributed by atoms with Crippen molar-refractivity contribution < 1.29 is 23.0 Å². The first kappa shape index (κ1) is 18.2. The summed E-state index contributed by atoms with van der Waals surface area (Å²) in [4.78, 5) is 11.7. The lowest BCUT2D eigenvalue weighted by Crippen LogP contribution is -2.25. The Morgan fingerprint density at radius 3 is 2.36 bits per heavy atom. The number of anilines is 1. The van der Waals surface area contributed by atoms with Crippen LogP contribution in [0.5, 0.6) is 11.5 Å². The Bertz CT molecular complexity index is 704. The molecule has 0 aliphatic heterocycles. The van der Waals surface area contributed by atoms with E-state index in [9.17, 15) is 13.6 Å². The lowest BCUT2D eigenvalue weighted by atomic mass is 10.2. The number of hydrogen-bond acceptors (Lipinski definition) is 5. The predicted molar refractivity (Wildman–Crippen MR) is 90.3 cm³/mol. The zero-order valence-electron chi connectivity index (χ0n) is 13.4. The van der Waals surface area contributed by atoms with Gasteiger partial charge >= 0.3 is 6.61 Å². The van der Waals surface area contributed by atoms with Crippen LogP contribution in [0.25, 0.3) is 0 Å². The van der Waals surface area contributed by atoms with E-state index in [-0.39, 0.29) is 18.2 Å². The molecule has 132 valence electrons. The molecule has 8 heteroatoms. The molecule has 0 aromatic heterocycles. The number of carbonyl (C=O) groups excluding carboxylic acids is 1. The van der Waals surface area contributed by atoms with Crippen LogP contribution in [0.2, 0.25) is 0 Å². The number of nitrogens with one attached hydrogen (secondary N) is 2. The molecule has 0 unspecified atom stereocenters. The molecule has 2 rings (SSSR count). The quantitative estimate of drug-likeness (QED) is 0.568. The molecule has 2 aromatic rings. The Morgan fingerprint density at radius 2 is 1.76 bits per heavy atom. The third-order valence-corrected chi connectivity index (χ3v) is 3.05. The summed E-state index contributed by atoms with van der Waals surface area (Å²) in [7, 11) is 1.58. The van der Waals surface area contributed by atoms with Crippen LogP contribution in [0.4, 0.5) is 14.5 Å². The molecule has 0 aliphatic carbocycles. The van der Waals surface area contributed by atoms with Crippen LogP contribution in [-0.4, -0.2) is 32.4 Å². The Balaban J connectivity index is 1.75. The van der Waals surface area contributed by atoms with E-state index in [0.29, 0.717) is 5.56 Å². The SMILES string of the molecule is COc1ccc(NCC(=O)N/N=C/c2ccc(OC(F)F)cc2)cc1. The average molecular weight is 349 g/mol. The number of ether oxygens (including phenoxy) is 2. The maximum Gasteiger partial charge on any atom is 0.387 e. The molecule has 1 amide bonds. The minimum Gasteiger partial charge on any atom is -0.497 e. The summed E-state index contributed by atoms with van der Waals surface area (Å²) in [5.74, 6) is 0.453. The van der Waals surface area contributed by atoms with Gasteiger partial charge in [-0.05, 0) is 54.1 Å². The van der Waals surface area contributed by atoms with Crippen molar-refractivity contribution in [3.63, 3.8) is 0 Å². The normalized spacial score (nSPS) is 10.7. The van der Waals surface area contributed by atoms with Crippen molar-refractivity contribution in [3.05, 3.63) is 54.1 Å². The van der Waals surface area contributed by atoms with Gasteiger partial charge in [-0.1, -0.05) is 0 Å². The third kappa shape index (κ3) is 6.46. The number of carbonyl (C=O) groups is 1. The molecule has 2 N–H and O–H groups in total. The molecule has 0 saturated carbocycles. The molecule has 0 saturated heterocycles. The van der Waals surface area contributed by atoms with E-state index in [1.165, 1.54) is 18.3 Å². The van der Waals surface area contributed by atoms with E-state index in [1.807, 2.05) is 0 Å². The van der Waals surface area contributed by atoms with Gasteiger partial charge in [0.15, 0.2) is 0 Å². The van der Waals surface area contributed by atoms with Crippen LogP contribution in [0, 0.1) is 0 Å². The van der Waals surface area contributed by atoms with Gasteiger partial charge in [-0.15, -0.1) is 0 Å². The number of methoxy groups -OCH3 is 1. The van der Waals surface area contributed by atoms with Gasteiger partial charge < -0.3 is 14.8 Å². The van der Waals surface area contributed by atoms with Crippen molar-refractivity contribution in [2.75, 3.05) is 19.0 Å². The number of hydrazone groups is 1. The Labute approximate surface area is 143 Å². The number of alkyl halides is 2. The minimum absolute atomic E-state index is 0.0465. The molecular weight excluding hydrogens is 332 g/mol. The second kappa shape index (κ2) is 9.21. The van der Waals surface area contributed by atoms with E-state index in [4.69, 9.17) is 4.74 Å². The number of hydrogen-bond donors (Lipinski definition) is 2. The Morgan fingerprint density at radius 1 is 1.12 bits per heavy atom. The summed E-state index contributed by atoms with van der Waals surface area (Å²) < 4.78 is 33.4. The molecule has 0 spiro atoms. The zero-order valence-corrected chi connectivity index (χ0v) is 13.4. The van der Waals surface area contributed by atoms with Gasteiger partial charge in [0, 0.05) is 5.69 Å². The van der Waals surface area contributed by atoms with Gasteiger partial charge in [0.05, 0.1) is 19.9 Å². The maximum atomic E-state index is 12.0. The molecule has 0 bridgehead atoms. The predicted octanol–water partition coefficient (Wildman–Crippen LogP) is 2.86. The molecule has 0 aliphatic rings. The summed E-state index contributed by atoms with van der Waals surface area (Å²) in [5.41, 5.74) is 3.77. The first-order valence-corrected chi connectivity index (χ1v) is 7.31. The lowest BCUT2D eigenvalue weighted by molar-refractivity contribution is -0.119. The van der Waals surface area contributed by atoms with E-state index in [1.54, 1.807) is 43.5 Å². The fraction of sp³-hybridized carbons (Fsp3) is 0.176. The third-order valence-electron chi connectivity index (χ3n) is 3.05. The van der Waals surface area contributed by atoms with Crippen LogP contribution < -0.4 is 20.2 Å². The number of rotatable bonds is 8. The molecule has 6 nitrogen and oxygen atoms in total. The fourth-order valence-corrected chi connectivity index (χ4v) is 1.84. The molecular formula is C17H17F2N3O3. The van der Waals surface area contributed by atoms with Crippen molar-refractivity contribution in [2.45, 2.75) is 6.61 Å².